The molecule has 2 heterocycles. The van der Waals surface area contributed by atoms with Crippen molar-refractivity contribution in [3.8, 4) is 0 Å². The quantitative estimate of drug-likeness (QED) is 0.469. The van der Waals surface area contributed by atoms with E-state index in [0.29, 0.717) is 28.9 Å². The van der Waals surface area contributed by atoms with Gasteiger partial charge in [0.15, 0.2) is 12.1 Å². The number of benzene rings is 1. The highest BCUT2D eigenvalue weighted by molar-refractivity contribution is 6.90. The first-order valence-corrected chi connectivity index (χ1v) is 11.0. The molecular formula is C21H26BClN4O3. The lowest BCUT2D eigenvalue weighted by Crippen LogP contribution is -2.41. The van der Waals surface area contributed by atoms with Crippen LogP contribution >= 0.6 is 11.6 Å². The lowest BCUT2D eigenvalue weighted by molar-refractivity contribution is -0.112. The third kappa shape index (κ3) is 5.43. The Labute approximate surface area is 181 Å². The van der Waals surface area contributed by atoms with Crippen LogP contribution in [-0.4, -0.2) is 49.0 Å². The molecule has 0 radical (unpaired) electrons. The van der Waals surface area contributed by atoms with Crippen LogP contribution in [-0.2, 0) is 4.79 Å². The Bertz CT molecular complexity index is 880. The minimum atomic E-state index is -0.372. The van der Waals surface area contributed by atoms with Gasteiger partial charge in [-0.05, 0) is 63.1 Å². The van der Waals surface area contributed by atoms with Gasteiger partial charge in [-0.3, -0.25) is 4.79 Å². The molecule has 0 bridgehead atoms. The summed E-state index contributed by atoms with van der Waals surface area (Å²) in [6, 6.07) is 6.29. The van der Waals surface area contributed by atoms with Gasteiger partial charge in [-0.2, -0.15) is 0 Å². The number of amides is 1. The summed E-state index contributed by atoms with van der Waals surface area (Å²) in [4.78, 5) is 30.8. The van der Waals surface area contributed by atoms with Crippen molar-refractivity contribution in [2.24, 2.45) is 0 Å². The average molecular weight is 429 g/mol. The monoisotopic (exact) mass is 428 g/mol. The Hall–Kier alpha value is -2.32. The van der Waals surface area contributed by atoms with Crippen LogP contribution in [0.1, 0.15) is 36.2 Å². The molecule has 0 unspecified atom stereocenters. The van der Waals surface area contributed by atoms with Gasteiger partial charge < -0.3 is 24.7 Å². The van der Waals surface area contributed by atoms with E-state index >= 15 is 0 Å². The number of anilines is 2. The van der Waals surface area contributed by atoms with Gasteiger partial charge in [0.25, 0.3) is 5.91 Å². The highest BCUT2D eigenvalue weighted by atomic mass is 35.5. The number of nitrogens with zero attached hydrogens (tertiary/aromatic N) is 2. The highest BCUT2D eigenvalue weighted by Gasteiger charge is 2.29. The van der Waals surface area contributed by atoms with E-state index in [0.717, 1.165) is 44.4 Å². The molecule has 2 fully saturated rings. The first kappa shape index (κ1) is 20.9. The Morgan fingerprint density at radius 2 is 2.07 bits per heavy atom. The molecule has 158 valence electrons. The third-order valence-corrected chi connectivity index (χ3v) is 6.12. The van der Waals surface area contributed by atoms with Gasteiger partial charge in [-0.25, -0.2) is 4.98 Å². The molecule has 2 aromatic rings. The van der Waals surface area contributed by atoms with E-state index in [1.165, 1.54) is 25.5 Å². The first-order chi connectivity index (χ1) is 14.6. The van der Waals surface area contributed by atoms with Gasteiger partial charge in [0.1, 0.15) is 6.26 Å². The maximum Gasteiger partial charge on any atom is 0.277 e. The van der Waals surface area contributed by atoms with Crippen molar-refractivity contribution in [2.75, 3.05) is 29.9 Å². The van der Waals surface area contributed by atoms with Crippen molar-refractivity contribution in [1.29, 1.82) is 0 Å². The number of halogens is 1. The van der Waals surface area contributed by atoms with Gasteiger partial charge in [-0.1, -0.05) is 11.6 Å². The molecule has 9 heteroatoms. The standard InChI is InChI=1S/C21H26BClN4O3/c23-17-6-5-16(12-18(17)26-21(29)19-13-30-14-25-19)27-10-7-22(8-11-27)20(28)2-1-9-24-15-3-4-15/h5-6,12-15,24H,1-4,7-11H2,(H,26,29). The second-order valence-electron chi connectivity index (χ2n) is 8.05. The average Bonchev–Trinajstić information content (AvgIpc) is 3.42. The minimum absolute atomic E-state index is 0.154. The van der Waals surface area contributed by atoms with E-state index < -0.39 is 0 Å². The van der Waals surface area contributed by atoms with E-state index in [9.17, 15) is 9.59 Å². The fraction of sp³-hybridized carbons (Fsp3) is 0.476. The largest absolute Gasteiger partial charge is 0.451 e. The summed E-state index contributed by atoms with van der Waals surface area (Å²) in [5.74, 6) is -0.372. The first-order valence-electron chi connectivity index (χ1n) is 10.6. The van der Waals surface area contributed by atoms with Crippen LogP contribution in [0, 0.1) is 0 Å². The Balaban J connectivity index is 1.28. The molecule has 1 amide bonds. The molecule has 7 nitrogen and oxygen atoms in total. The summed E-state index contributed by atoms with van der Waals surface area (Å²) in [5, 5.41) is 6.70. The van der Waals surface area contributed by atoms with Gasteiger partial charge >= 0.3 is 0 Å². The highest BCUT2D eigenvalue weighted by Crippen LogP contribution is 2.30. The van der Waals surface area contributed by atoms with Crippen LogP contribution in [0.4, 0.5) is 11.4 Å². The summed E-state index contributed by atoms with van der Waals surface area (Å²) in [6.45, 7) is 2.73. The summed E-state index contributed by atoms with van der Waals surface area (Å²) in [6.07, 6.45) is 8.38. The zero-order chi connectivity index (χ0) is 20.9. The van der Waals surface area contributed by atoms with E-state index in [1.807, 2.05) is 12.1 Å². The Morgan fingerprint density at radius 3 is 2.77 bits per heavy atom. The Kier molecular flexibility index (Phi) is 6.74. The normalized spacial score (nSPS) is 16.6. The van der Waals surface area contributed by atoms with Gasteiger partial charge in [-0.15, -0.1) is 0 Å². The second-order valence-corrected chi connectivity index (χ2v) is 8.46. The number of hydrogen-bond acceptors (Lipinski definition) is 6. The van der Waals surface area contributed by atoms with Crippen molar-refractivity contribution in [1.82, 2.24) is 10.3 Å². The molecule has 2 N–H and O–H groups in total. The zero-order valence-corrected chi connectivity index (χ0v) is 17.7. The molecule has 1 aliphatic heterocycles. The number of aromatic nitrogens is 1. The predicted octanol–water partition coefficient (Wildman–Crippen LogP) is 3.54. The molecule has 4 rings (SSSR count). The number of oxazole rings is 1. The van der Waals surface area contributed by atoms with Crippen LogP contribution in [0.3, 0.4) is 0 Å². The van der Waals surface area contributed by atoms with Crippen LogP contribution in [0.25, 0.3) is 0 Å². The van der Waals surface area contributed by atoms with Crippen molar-refractivity contribution in [3.63, 3.8) is 0 Å². The molecular weight excluding hydrogens is 403 g/mol. The third-order valence-electron chi connectivity index (χ3n) is 5.79. The number of nitrogens with one attached hydrogen (secondary N) is 2. The molecule has 1 saturated carbocycles. The topological polar surface area (TPSA) is 87.5 Å². The lowest BCUT2D eigenvalue weighted by atomic mass is 9.40. The zero-order valence-electron chi connectivity index (χ0n) is 16.9. The number of hydrogen-bond donors (Lipinski definition) is 2. The molecule has 0 spiro atoms. The number of carbonyl (C=O) groups excluding carboxylic acids is 2. The van der Waals surface area contributed by atoms with Crippen molar-refractivity contribution < 1.29 is 14.0 Å². The molecule has 1 saturated heterocycles. The minimum Gasteiger partial charge on any atom is -0.451 e. The van der Waals surface area contributed by atoms with E-state index in [1.54, 1.807) is 6.07 Å². The van der Waals surface area contributed by atoms with Gasteiger partial charge in [0, 0.05) is 24.8 Å². The molecule has 1 aromatic heterocycles. The molecule has 0 atom stereocenters. The van der Waals surface area contributed by atoms with E-state index in [-0.39, 0.29) is 18.3 Å². The van der Waals surface area contributed by atoms with E-state index in [4.69, 9.17) is 16.0 Å². The van der Waals surface area contributed by atoms with Gasteiger partial charge in [0.2, 0.25) is 6.71 Å². The lowest BCUT2D eigenvalue weighted by Gasteiger charge is -2.32. The van der Waals surface area contributed by atoms with Crippen LogP contribution < -0.4 is 15.5 Å². The summed E-state index contributed by atoms with van der Waals surface area (Å²) < 4.78 is 4.85. The fourth-order valence-corrected chi connectivity index (χ4v) is 4.00. The number of carbonyl (C=O) groups is 2. The maximum atomic E-state index is 12.5. The van der Waals surface area contributed by atoms with Crippen molar-refractivity contribution in [2.45, 2.75) is 44.4 Å². The summed E-state index contributed by atoms with van der Waals surface area (Å²) >= 11 is 6.26. The predicted molar refractivity (Wildman–Crippen MR) is 119 cm³/mol. The fourth-order valence-electron chi connectivity index (χ4n) is 3.84. The molecule has 2 aliphatic rings. The van der Waals surface area contributed by atoms with Crippen molar-refractivity contribution in [3.05, 3.63) is 41.6 Å². The van der Waals surface area contributed by atoms with Gasteiger partial charge in [0.05, 0.1) is 16.4 Å². The molecule has 1 aromatic carbocycles. The Morgan fingerprint density at radius 1 is 1.27 bits per heavy atom. The smallest absolute Gasteiger partial charge is 0.277 e. The van der Waals surface area contributed by atoms with Crippen LogP contribution in [0.5, 0.6) is 0 Å². The summed E-state index contributed by atoms with van der Waals surface area (Å²) in [5.41, 5.74) is 2.10. The second kappa shape index (κ2) is 9.66. The van der Waals surface area contributed by atoms with Crippen LogP contribution in [0.2, 0.25) is 17.7 Å². The van der Waals surface area contributed by atoms with Crippen LogP contribution in [0.15, 0.2) is 35.3 Å². The van der Waals surface area contributed by atoms with Crippen molar-refractivity contribution >= 4 is 41.3 Å². The molecule has 30 heavy (non-hydrogen) atoms. The number of rotatable bonds is 9. The maximum absolute atomic E-state index is 12.5. The SMILES string of the molecule is O=C(CCCNC1CC1)B1CCN(c2ccc(Cl)c(NC(=O)c3cocn3)c2)CC1. The van der Waals surface area contributed by atoms with E-state index in [2.05, 4.69) is 20.5 Å². The molecule has 1 aliphatic carbocycles. The summed E-state index contributed by atoms with van der Waals surface area (Å²) in [7, 11) is 0.